The van der Waals surface area contributed by atoms with Gasteiger partial charge in [-0.05, 0) is 35.7 Å². The van der Waals surface area contributed by atoms with E-state index in [1.54, 1.807) is 12.1 Å². The van der Waals surface area contributed by atoms with Crippen LogP contribution in [-0.2, 0) is 0 Å². The summed E-state index contributed by atoms with van der Waals surface area (Å²) in [5.74, 6) is 0.0790. The Balaban J connectivity index is 2.11. The molecule has 0 atom stereocenters. The molecule has 0 aliphatic heterocycles. The summed E-state index contributed by atoms with van der Waals surface area (Å²) in [6.45, 7) is 4.23. The van der Waals surface area contributed by atoms with Crippen LogP contribution >= 0.6 is 0 Å². The van der Waals surface area contributed by atoms with Gasteiger partial charge in [0.15, 0.2) is 0 Å². The van der Waals surface area contributed by atoms with Crippen LogP contribution in [-0.4, -0.2) is 9.78 Å². The molecule has 2 aromatic carbocycles. The molecule has 0 unspecified atom stereocenters. The molecule has 0 saturated heterocycles. The molecule has 21 heavy (non-hydrogen) atoms. The number of nitrogens with zero attached hydrogens (tertiary/aromatic N) is 2. The highest BCUT2D eigenvalue weighted by Gasteiger charge is 2.14. The quantitative estimate of drug-likeness (QED) is 0.673. The average Bonchev–Trinajstić information content (AvgIpc) is 2.94. The van der Waals surface area contributed by atoms with Gasteiger partial charge in [-0.15, -0.1) is 0 Å². The molecule has 0 fully saturated rings. The summed E-state index contributed by atoms with van der Waals surface area (Å²) in [7, 11) is 0. The number of hydrogen-bond donors (Lipinski definition) is 0. The van der Waals surface area contributed by atoms with Gasteiger partial charge in [0.25, 0.3) is 0 Å². The first-order valence-corrected chi connectivity index (χ1v) is 7.06. The Kier molecular flexibility index (Phi) is 3.57. The Morgan fingerprint density at radius 3 is 2.24 bits per heavy atom. The summed E-state index contributed by atoms with van der Waals surface area (Å²) in [4.78, 5) is 0. The summed E-state index contributed by atoms with van der Waals surface area (Å²) in [6.07, 6.45) is 2.01. The van der Waals surface area contributed by atoms with Crippen LogP contribution in [0, 0.1) is 5.82 Å². The molecule has 0 N–H and O–H groups in total. The molecule has 0 aliphatic rings. The number of aromatic nitrogens is 2. The molecule has 0 radical (unpaired) electrons. The maximum Gasteiger partial charge on any atom is 0.123 e. The van der Waals surface area contributed by atoms with Crippen molar-refractivity contribution in [2.45, 2.75) is 19.8 Å². The van der Waals surface area contributed by atoms with E-state index in [0.29, 0.717) is 5.92 Å². The van der Waals surface area contributed by atoms with E-state index in [0.717, 1.165) is 22.5 Å². The van der Waals surface area contributed by atoms with E-state index in [1.807, 2.05) is 41.2 Å². The predicted molar refractivity (Wildman–Crippen MR) is 83.0 cm³/mol. The lowest BCUT2D eigenvalue weighted by atomic mass is 10.0. The van der Waals surface area contributed by atoms with Gasteiger partial charge < -0.3 is 0 Å². The molecule has 1 aromatic heterocycles. The molecule has 106 valence electrons. The van der Waals surface area contributed by atoms with Crippen molar-refractivity contribution in [2.24, 2.45) is 0 Å². The van der Waals surface area contributed by atoms with Crippen molar-refractivity contribution in [3.05, 3.63) is 72.3 Å². The van der Waals surface area contributed by atoms with Gasteiger partial charge in [-0.2, -0.15) is 5.10 Å². The Bertz CT molecular complexity index is 728. The fraction of sp³-hybridized carbons (Fsp3) is 0.167. The number of halogens is 1. The largest absolute Gasteiger partial charge is 0.240 e. The molecule has 3 rings (SSSR count). The Labute approximate surface area is 123 Å². The van der Waals surface area contributed by atoms with Crippen LogP contribution < -0.4 is 0 Å². The molecule has 2 nitrogen and oxygen atoms in total. The number of hydrogen-bond acceptors (Lipinski definition) is 1. The van der Waals surface area contributed by atoms with Gasteiger partial charge in [0, 0.05) is 11.8 Å². The smallest absolute Gasteiger partial charge is 0.123 e. The maximum absolute atomic E-state index is 13.1. The normalized spacial score (nSPS) is 11.0. The minimum Gasteiger partial charge on any atom is -0.240 e. The number of benzene rings is 2. The molecule has 3 aromatic rings. The molecule has 0 spiro atoms. The average molecular weight is 280 g/mol. The second kappa shape index (κ2) is 5.52. The molecular formula is C18H17FN2. The molecule has 0 aliphatic carbocycles. The van der Waals surface area contributed by atoms with Crippen LogP contribution in [0.1, 0.15) is 25.5 Å². The summed E-state index contributed by atoms with van der Waals surface area (Å²) >= 11 is 0. The highest BCUT2D eigenvalue weighted by atomic mass is 19.1. The highest BCUT2D eigenvalue weighted by molar-refractivity contribution is 5.66. The minimum absolute atomic E-state index is 0.222. The lowest BCUT2D eigenvalue weighted by Gasteiger charge is -2.04. The number of rotatable bonds is 3. The minimum atomic E-state index is -0.222. The van der Waals surface area contributed by atoms with E-state index in [9.17, 15) is 4.39 Å². The Hall–Kier alpha value is -2.42. The Morgan fingerprint density at radius 1 is 0.952 bits per heavy atom. The zero-order valence-electron chi connectivity index (χ0n) is 12.1. The third-order valence-corrected chi connectivity index (χ3v) is 3.47. The van der Waals surface area contributed by atoms with Crippen LogP contribution in [0.15, 0.2) is 60.8 Å². The van der Waals surface area contributed by atoms with Gasteiger partial charge in [0.05, 0.1) is 11.4 Å². The van der Waals surface area contributed by atoms with E-state index >= 15 is 0 Å². The molecular weight excluding hydrogens is 263 g/mol. The van der Waals surface area contributed by atoms with Gasteiger partial charge in [0.1, 0.15) is 5.82 Å². The van der Waals surface area contributed by atoms with Gasteiger partial charge in [-0.3, -0.25) is 0 Å². The zero-order chi connectivity index (χ0) is 14.8. The van der Waals surface area contributed by atoms with Gasteiger partial charge in [0.2, 0.25) is 0 Å². The molecule has 0 saturated carbocycles. The van der Waals surface area contributed by atoms with Crippen molar-refractivity contribution >= 4 is 0 Å². The number of para-hydroxylation sites is 1. The van der Waals surface area contributed by atoms with E-state index in [1.165, 1.54) is 12.1 Å². The maximum atomic E-state index is 13.1. The summed E-state index contributed by atoms with van der Waals surface area (Å²) in [6, 6.07) is 16.6. The first-order chi connectivity index (χ1) is 10.1. The van der Waals surface area contributed by atoms with E-state index in [4.69, 9.17) is 5.10 Å². The van der Waals surface area contributed by atoms with Crippen molar-refractivity contribution in [1.29, 1.82) is 0 Å². The van der Waals surface area contributed by atoms with E-state index in [-0.39, 0.29) is 5.82 Å². The highest BCUT2D eigenvalue weighted by Crippen LogP contribution is 2.29. The topological polar surface area (TPSA) is 17.8 Å². The van der Waals surface area contributed by atoms with Crippen LogP contribution in [0.5, 0.6) is 0 Å². The van der Waals surface area contributed by atoms with Gasteiger partial charge in [-0.25, -0.2) is 9.07 Å². The first-order valence-electron chi connectivity index (χ1n) is 7.06. The second-order valence-electron chi connectivity index (χ2n) is 5.37. The van der Waals surface area contributed by atoms with Crippen LogP contribution in [0.25, 0.3) is 16.8 Å². The third kappa shape index (κ3) is 2.72. The third-order valence-electron chi connectivity index (χ3n) is 3.47. The molecule has 3 heteroatoms. The van der Waals surface area contributed by atoms with Crippen LogP contribution in [0.2, 0.25) is 0 Å². The van der Waals surface area contributed by atoms with Crippen molar-refractivity contribution in [3.8, 4) is 16.8 Å². The monoisotopic (exact) mass is 280 g/mol. The summed E-state index contributed by atoms with van der Waals surface area (Å²) in [5, 5.41) is 4.70. The molecule has 1 heterocycles. The van der Waals surface area contributed by atoms with Crippen molar-refractivity contribution < 1.29 is 4.39 Å². The van der Waals surface area contributed by atoms with Gasteiger partial charge in [-0.1, -0.05) is 44.2 Å². The molecule has 0 amide bonds. The predicted octanol–water partition coefficient (Wildman–Crippen LogP) is 4.80. The standard InChI is InChI=1S/C18H17FN2/c1-13(2)18-17(14-8-10-15(19)11-9-14)12-21(20-18)16-6-4-3-5-7-16/h3-13H,1-2H3. The van der Waals surface area contributed by atoms with Gasteiger partial charge >= 0.3 is 0 Å². The summed E-state index contributed by atoms with van der Waals surface area (Å²) < 4.78 is 15.0. The zero-order valence-corrected chi connectivity index (χ0v) is 12.1. The first kappa shape index (κ1) is 13.6. The Morgan fingerprint density at radius 2 is 1.62 bits per heavy atom. The lowest BCUT2D eigenvalue weighted by Crippen LogP contribution is -1.96. The second-order valence-corrected chi connectivity index (χ2v) is 5.37. The lowest BCUT2D eigenvalue weighted by molar-refractivity contribution is 0.628. The SMILES string of the molecule is CC(C)c1nn(-c2ccccc2)cc1-c1ccc(F)cc1. The molecule has 0 bridgehead atoms. The van der Waals surface area contributed by atoms with Crippen molar-refractivity contribution in [1.82, 2.24) is 9.78 Å². The fourth-order valence-electron chi connectivity index (χ4n) is 2.38. The van der Waals surface area contributed by atoms with E-state index in [2.05, 4.69) is 13.8 Å². The summed E-state index contributed by atoms with van der Waals surface area (Å²) in [5.41, 5.74) is 4.08. The van der Waals surface area contributed by atoms with Crippen LogP contribution in [0.3, 0.4) is 0 Å². The van der Waals surface area contributed by atoms with Crippen LogP contribution in [0.4, 0.5) is 4.39 Å². The van der Waals surface area contributed by atoms with E-state index < -0.39 is 0 Å². The fourth-order valence-corrected chi connectivity index (χ4v) is 2.38. The van der Waals surface area contributed by atoms with Crippen molar-refractivity contribution in [2.75, 3.05) is 0 Å². The van der Waals surface area contributed by atoms with Crippen molar-refractivity contribution in [3.63, 3.8) is 0 Å².